The molecular weight excluding hydrogens is 316 g/mol. The van der Waals surface area contributed by atoms with Gasteiger partial charge in [-0.25, -0.2) is 0 Å². The quantitative estimate of drug-likeness (QED) is 0.648. The van der Waals surface area contributed by atoms with E-state index in [0.29, 0.717) is 5.92 Å². The van der Waals surface area contributed by atoms with E-state index in [1.54, 1.807) is 0 Å². The first-order chi connectivity index (χ1) is 7.17. The largest absolute Gasteiger partial charge is 0.102 e. The summed E-state index contributed by atoms with van der Waals surface area (Å²) < 4.78 is 2.33. The second-order valence-corrected chi connectivity index (χ2v) is 5.27. The van der Waals surface area contributed by atoms with Gasteiger partial charge in [0.2, 0.25) is 0 Å². The zero-order chi connectivity index (χ0) is 11.3. The fraction of sp³-hybridized carbons (Fsp3) is 0.231. The molecule has 0 bridgehead atoms. The molecule has 0 aliphatic carbocycles. The third kappa shape index (κ3) is 3.96. The first-order valence-corrected chi connectivity index (χ1v) is 6.44. The average molecular weight is 330 g/mol. The van der Waals surface area contributed by atoms with E-state index in [1.165, 1.54) is 10.0 Å². The minimum atomic E-state index is 0.369. The van der Waals surface area contributed by atoms with E-state index in [2.05, 4.69) is 62.7 Å². The number of hydrogen-bond donors (Lipinski definition) is 0. The van der Waals surface area contributed by atoms with E-state index in [1.807, 2.05) is 19.1 Å². The molecule has 1 unspecified atom stereocenters. The molecule has 0 nitrogen and oxygen atoms in total. The van der Waals surface area contributed by atoms with Gasteiger partial charge in [0.05, 0.1) is 0 Å². The smallest absolute Gasteiger partial charge is 0.0178 e. The molecule has 1 aromatic carbocycles. The highest BCUT2D eigenvalue weighted by Crippen LogP contribution is 2.28. The number of rotatable bonds is 4. The molecule has 0 saturated heterocycles. The van der Waals surface area contributed by atoms with Gasteiger partial charge in [0.25, 0.3) is 0 Å². The van der Waals surface area contributed by atoms with Crippen LogP contribution in [0.25, 0.3) is 0 Å². The molecule has 1 rings (SSSR count). The zero-order valence-corrected chi connectivity index (χ0v) is 11.9. The van der Waals surface area contributed by atoms with Gasteiger partial charge in [-0.05, 0) is 35.5 Å². The molecule has 1 aromatic rings. The van der Waals surface area contributed by atoms with Gasteiger partial charge in [-0.1, -0.05) is 56.1 Å². The van der Waals surface area contributed by atoms with Crippen molar-refractivity contribution in [2.24, 2.45) is 0 Å². The summed E-state index contributed by atoms with van der Waals surface area (Å²) in [6.45, 7) is 5.92. The van der Waals surface area contributed by atoms with Crippen LogP contribution in [0.1, 0.15) is 24.8 Å². The van der Waals surface area contributed by atoms with E-state index in [0.717, 1.165) is 10.9 Å². The van der Waals surface area contributed by atoms with Crippen LogP contribution in [0.4, 0.5) is 0 Å². The lowest BCUT2D eigenvalue weighted by Crippen LogP contribution is -1.94. The molecule has 1 atom stereocenters. The van der Waals surface area contributed by atoms with Crippen LogP contribution in [-0.4, -0.2) is 0 Å². The fourth-order valence-corrected chi connectivity index (χ4v) is 2.17. The molecule has 0 aliphatic rings. The molecule has 0 fully saturated rings. The molecule has 0 aliphatic heterocycles. The minimum Gasteiger partial charge on any atom is -0.102 e. The van der Waals surface area contributed by atoms with Crippen molar-refractivity contribution in [3.05, 3.63) is 57.5 Å². The van der Waals surface area contributed by atoms with Crippen LogP contribution in [0.2, 0.25) is 0 Å². The summed E-state index contributed by atoms with van der Waals surface area (Å²) in [5.74, 6) is 0.369. The van der Waals surface area contributed by atoms with Crippen LogP contribution in [-0.2, 0) is 0 Å². The summed E-state index contributed by atoms with van der Waals surface area (Å²) in [6.07, 6.45) is 5.04. The van der Waals surface area contributed by atoms with Crippen molar-refractivity contribution in [2.45, 2.75) is 19.3 Å². The highest BCUT2D eigenvalue weighted by molar-refractivity contribution is 9.11. The maximum Gasteiger partial charge on any atom is 0.0178 e. The summed E-state index contributed by atoms with van der Waals surface area (Å²) in [5, 5.41) is 0. The molecule has 80 valence electrons. The Kier molecular flexibility index (Phi) is 5.34. The highest BCUT2D eigenvalue weighted by Gasteiger charge is 2.08. The predicted octanol–water partition coefficient (Wildman–Crippen LogP) is 5.41. The van der Waals surface area contributed by atoms with Crippen LogP contribution in [0.15, 0.2) is 52.0 Å². The lowest BCUT2D eigenvalue weighted by Gasteiger charge is -2.12. The first kappa shape index (κ1) is 12.7. The van der Waals surface area contributed by atoms with E-state index in [-0.39, 0.29) is 0 Å². The van der Waals surface area contributed by atoms with E-state index in [4.69, 9.17) is 0 Å². The lowest BCUT2D eigenvalue weighted by atomic mass is 9.96. The summed E-state index contributed by atoms with van der Waals surface area (Å²) in [4.78, 5) is 0. The molecule has 0 spiro atoms. The van der Waals surface area contributed by atoms with Crippen molar-refractivity contribution < 1.29 is 0 Å². The Morgan fingerprint density at radius 2 is 2.27 bits per heavy atom. The molecule has 0 N–H and O–H groups in total. The third-order valence-corrected chi connectivity index (χ3v) is 3.56. The van der Waals surface area contributed by atoms with Crippen molar-refractivity contribution >= 4 is 31.9 Å². The molecule has 0 radical (unpaired) electrons. The Hall–Kier alpha value is -0.340. The molecule has 0 heterocycles. The predicted molar refractivity (Wildman–Crippen MR) is 74.4 cm³/mol. The Bertz CT molecular complexity index is 367. The van der Waals surface area contributed by atoms with Gasteiger partial charge in [0, 0.05) is 10.4 Å². The maximum atomic E-state index is 3.89. The normalized spacial score (nSPS) is 13.7. The molecule has 0 saturated carbocycles. The molecule has 0 aromatic heterocycles. The lowest BCUT2D eigenvalue weighted by molar-refractivity contribution is 0.857. The second-order valence-electron chi connectivity index (χ2n) is 3.34. The van der Waals surface area contributed by atoms with Gasteiger partial charge in [-0.3, -0.25) is 0 Å². The van der Waals surface area contributed by atoms with Gasteiger partial charge in [0.1, 0.15) is 0 Å². The zero-order valence-electron chi connectivity index (χ0n) is 8.71. The SMILES string of the molecule is C=CC(C/C(Br)=C\C)c1cccc(Br)c1. The van der Waals surface area contributed by atoms with E-state index >= 15 is 0 Å². The van der Waals surface area contributed by atoms with Crippen LogP contribution < -0.4 is 0 Å². The van der Waals surface area contributed by atoms with Crippen molar-refractivity contribution in [3.8, 4) is 0 Å². The van der Waals surface area contributed by atoms with Gasteiger partial charge >= 0.3 is 0 Å². The number of benzene rings is 1. The third-order valence-electron chi connectivity index (χ3n) is 2.29. The molecule has 15 heavy (non-hydrogen) atoms. The maximum absolute atomic E-state index is 3.89. The van der Waals surface area contributed by atoms with Gasteiger partial charge in [-0.15, -0.1) is 6.58 Å². The summed E-state index contributed by atoms with van der Waals surface area (Å²) >= 11 is 7.02. The topological polar surface area (TPSA) is 0 Å². The van der Waals surface area contributed by atoms with E-state index < -0.39 is 0 Å². The molecule has 0 amide bonds. The van der Waals surface area contributed by atoms with Crippen molar-refractivity contribution in [1.29, 1.82) is 0 Å². The van der Waals surface area contributed by atoms with Gasteiger partial charge in [-0.2, -0.15) is 0 Å². The van der Waals surface area contributed by atoms with Crippen LogP contribution >= 0.6 is 31.9 Å². The van der Waals surface area contributed by atoms with Crippen molar-refractivity contribution in [1.82, 2.24) is 0 Å². The van der Waals surface area contributed by atoms with E-state index in [9.17, 15) is 0 Å². The second kappa shape index (κ2) is 6.29. The van der Waals surface area contributed by atoms with Gasteiger partial charge < -0.3 is 0 Å². The minimum absolute atomic E-state index is 0.369. The van der Waals surface area contributed by atoms with Crippen LogP contribution in [0, 0.1) is 0 Å². The molecular formula is C13H14Br2. The number of halogens is 2. The number of allylic oxidation sites excluding steroid dienone is 3. The van der Waals surface area contributed by atoms with Crippen LogP contribution in [0.5, 0.6) is 0 Å². The average Bonchev–Trinajstić information content (AvgIpc) is 2.25. The Labute approximate surface area is 108 Å². The highest BCUT2D eigenvalue weighted by atomic mass is 79.9. The summed E-state index contributed by atoms with van der Waals surface area (Å²) in [5.41, 5.74) is 1.29. The summed E-state index contributed by atoms with van der Waals surface area (Å²) in [6, 6.07) is 8.36. The first-order valence-electron chi connectivity index (χ1n) is 4.86. The Morgan fingerprint density at radius 3 is 2.80 bits per heavy atom. The standard InChI is InChI=1S/C13H14Br2/c1-3-10(8-12(14)4-2)11-6-5-7-13(15)9-11/h3-7,9-10H,1,8H2,2H3/b12-4+. The Morgan fingerprint density at radius 1 is 1.53 bits per heavy atom. The number of hydrogen-bond acceptors (Lipinski definition) is 0. The fourth-order valence-electron chi connectivity index (χ4n) is 1.40. The monoisotopic (exact) mass is 328 g/mol. The van der Waals surface area contributed by atoms with Crippen molar-refractivity contribution in [3.63, 3.8) is 0 Å². The van der Waals surface area contributed by atoms with Gasteiger partial charge in [0.15, 0.2) is 0 Å². The van der Waals surface area contributed by atoms with Crippen molar-refractivity contribution in [2.75, 3.05) is 0 Å². The molecule has 2 heteroatoms. The van der Waals surface area contributed by atoms with Crippen LogP contribution in [0.3, 0.4) is 0 Å². The summed E-state index contributed by atoms with van der Waals surface area (Å²) in [7, 11) is 0. The Balaban J connectivity index is 2.87.